The van der Waals surface area contributed by atoms with E-state index in [-0.39, 0.29) is 6.61 Å². The molecule has 0 radical (unpaired) electrons. The van der Waals surface area contributed by atoms with Crippen molar-refractivity contribution in [2.24, 2.45) is 0 Å². The molecule has 0 aliphatic carbocycles. The van der Waals surface area contributed by atoms with Crippen LogP contribution in [-0.4, -0.2) is 22.2 Å². The fourth-order valence-corrected chi connectivity index (χ4v) is 1.46. The van der Waals surface area contributed by atoms with Gasteiger partial charge in [0.05, 0.1) is 31.3 Å². The summed E-state index contributed by atoms with van der Waals surface area (Å²) in [7, 11) is 1.65. The third-order valence-electron chi connectivity index (χ3n) is 2.28. The standard InChI is InChI=1S/C13H14N2O3/c1-17-9-10-3-2-4-12(5-10)18-13-7-14-11(8-16)6-15-13/h2-7,16H,8-9H2,1H3. The molecule has 0 amide bonds. The summed E-state index contributed by atoms with van der Waals surface area (Å²) in [5.74, 6) is 1.07. The van der Waals surface area contributed by atoms with E-state index >= 15 is 0 Å². The van der Waals surface area contributed by atoms with Crippen LogP contribution in [0.15, 0.2) is 36.7 Å². The molecule has 1 N–H and O–H groups in total. The van der Waals surface area contributed by atoms with Crippen LogP contribution in [-0.2, 0) is 18.0 Å². The average Bonchev–Trinajstić information content (AvgIpc) is 2.40. The van der Waals surface area contributed by atoms with Crippen molar-refractivity contribution < 1.29 is 14.6 Å². The van der Waals surface area contributed by atoms with Gasteiger partial charge in [0.25, 0.3) is 0 Å². The number of aromatic nitrogens is 2. The van der Waals surface area contributed by atoms with Crippen LogP contribution in [0.4, 0.5) is 0 Å². The molecular formula is C13H14N2O3. The monoisotopic (exact) mass is 246 g/mol. The number of ether oxygens (including phenoxy) is 2. The number of aliphatic hydroxyl groups excluding tert-OH is 1. The maximum Gasteiger partial charge on any atom is 0.237 e. The molecule has 2 aromatic rings. The third kappa shape index (κ3) is 3.26. The fourth-order valence-electron chi connectivity index (χ4n) is 1.46. The van der Waals surface area contributed by atoms with E-state index in [1.54, 1.807) is 7.11 Å². The Bertz CT molecular complexity index is 500. The highest BCUT2D eigenvalue weighted by molar-refractivity contribution is 5.30. The Kier molecular flexibility index (Phi) is 4.22. The maximum atomic E-state index is 8.86. The Morgan fingerprint density at radius 1 is 1.22 bits per heavy atom. The smallest absolute Gasteiger partial charge is 0.237 e. The molecular weight excluding hydrogens is 232 g/mol. The van der Waals surface area contributed by atoms with Crippen LogP contribution in [0, 0.1) is 0 Å². The van der Waals surface area contributed by atoms with Gasteiger partial charge in [-0.2, -0.15) is 0 Å². The Morgan fingerprint density at radius 3 is 2.78 bits per heavy atom. The minimum Gasteiger partial charge on any atom is -0.437 e. The number of hydrogen-bond acceptors (Lipinski definition) is 5. The van der Waals surface area contributed by atoms with E-state index in [9.17, 15) is 0 Å². The van der Waals surface area contributed by atoms with E-state index in [1.165, 1.54) is 12.4 Å². The largest absolute Gasteiger partial charge is 0.437 e. The van der Waals surface area contributed by atoms with Crippen molar-refractivity contribution in [2.75, 3.05) is 7.11 Å². The molecule has 2 rings (SSSR count). The van der Waals surface area contributed by atoms with Gasteiger partial charge in [0.1, 0.15) is 5.75 Å². The molecule has 1 aromatic heterocycles. The van der Waals surface area contributed by atoms with Crippen molar-refractivity contribution >= 4 is 0 Å². The van der Waals surface area contributed by atoms with Crippen LogP contribution < -0.4 is 4.74 Å². The number of nitrogens with zero attached hydrogens (tertiary/aromatic N) is 2. The van der Waals surface area contributed by atoms with Crippen molar-refractivity contribution in [3.8, 4) is 11.6 Å². The Labute approximate surface area is 105 Å². The summed E-state index contributed by atoms with van der Waals surface area (Å²) in [5.41, 5.74) is 1.53. The molecule has 0 unspecified atom stereocenters. The Balaban J connectivity index is 2.09. The van der Waals surface area contributed by atoms with Crippen molar-refractivity contribution in [3.63, 3.8) is 0 Å². The summed E-state index contributed by atoms with van der Waals surface area (Å²) in [4.78, 5) is 8.03. The number of rotatable bonds is 5. The first kappa shape index (κ1) is 12.5. The first-order chi connectivity index (χ1) is 8.81. The fraction of sp³-hybridized carbons (Fsp3) is 0.231. The summed E-state index contributed by atoms with van der Waals surface area (Å²) in [5, 5.41) is 8.86. The molecule has 0 atom stereocenters. The molecule has 1 aromatic carbocycles. The molecule has 5 heteroatoms. The number of methoxy groups -OCH3 is 1. The SMILES string of the molecule is COCc1cccc(Oc2cnc(CO)cn2)c1. The van der Waals surface area contributed by atoms with Gasteiger partial charge in [0.2, 0.25) is 5.88 Å². The second-order valence-corrected chi connectivity index (χ2v) is 3.69. The Hall–Kier alpha value is -1.98. The van der Waals surface area contributed by atoms with Crippen molar-refractivity contribution in [1.29, 1.82) is 0 Å². The number of aliphatic hydroxyl groups is 1. The zero-order valence-corrected chi connectivity index (χ0v) is 10.0. The van der Waals surface area contributed by atoms with Gasteiger partial charge in [-0.1, -0.05) is 12.1 Å². The third-order valence-corrected chi connectivity index (χ3v) is 2.28. The molecule has 18 heavy (non-hydrogen) atoms. The van der Waals surface area contributed by atoms with Crippen molar-refractivity contribution in [3.05, 3.63) is 47.9 Å². The first-order valence-electron chi connectivity index (χ1n) is 5.49. The molecule has 0 aliphatic rings. The van der Waals surface area contributed by atoms with E-state index in [0.717, 1.165) is 5.56 Å². The highest BCUT2D eigenvalue weighted by Crippen LogP contribution is 2.20. The topological polar surface area (TPSA) is 64.5 Å². The van der Waals surface area contributed by atoms with E-state index in [0.29, 0.717) is 23.9 Å². The summed E-state index contributed by atoms with van der Waals surface area (Å²) in [6.07, 6.45) is 2.96. The normalized spacial score (nSPS) is 10.3. The molecule has 0 spiro atoms. The second kappa shape index (κ2) is 6.09. The molecule has 5 nitrogen and oxygen atoms in total. The minimum atomic E-state index is -0.128. The molecule has 94 valence electrons. The Morgan fingerprint density at radius 2 is 2.11 bits per heavy atom. The van der Waals surface area contributed by atoms with Gasteiger partial charge >= 0.3 is 0 Å². The van der Waals surface area contributed by atoms with E-state index in [1.807, 2.05) is 24.3 Å². The predicted octanol–water partition coefficient (Wildman–Crippen LogP) is 1.91. The van der Waals surface area contributed by atoms with Crippen LogP contribution in [0.5, 0.6) is 11.6 Å². The molecule has 0 saturated carbocycles. The minimum absolute atomic E-state index is 0.128. The highest BCUT2D eigenvalue weighted by atomic mass is 16.5. The van der Waals surface area contributed by atoms with E-state index in [2.05, 4.69) is 9.97 Å². The van der Waals surface area contributed by atoms with Gasteiger partial charge in [-0.3, -0.25) is 4.98 Å². The lowest BCUT2D eigenvalue weighted by atomic mass is 10.2. The van der Waals surface area contributed by atoms with Crippen molar-refractivity contribution in [1.82, 2.24) is 9.97 Å². The second-order valence-electron chi connectivity index (χ2n) is 3.69. The van der Waals surface area contributed by atoms with Crippen molar-refractivity contribution in [2.45, 2.75) is 13.2 Å². The van der Waals surface area contributed by atoms with Gasteiger partial charge in [-0.25, -0.2) is 4.98 Å². The zero-order valence-electron chi connectivity index (χ0n) is 10.0. The summed E-state index contributed by atoms with van der Waals surface area (Å²) in [6, 6.07) is 7.56. The lowest BCUT2D eigenvalue weighted by Gasteiger charge is -2.06. The van der Waals surface area contributed by atoms with Crippen LogP contribution >= 0.6 is 0 Å². The van der Waals surface area contributed by atoms with Crippen LogP contribution in [0.2, 0.25) is 0 Å². The molecule has 1 heterocycles. The van der Waals surface area contributed by atoms with Gasteiger partial charge in [0, 0.05) is 7.11 Å². The molecule has 0 aliphatic heterocycles. The zero-order chi connectivity index (χ0) is 12.8. The molecule has 0 bridgehead atoms. The quantitative estimate of drug-likeness (QED) is 0.873. The first-order valence-corrected chi connectivity index (χ1v) is 5.49. The van der Waals surface area contributed by atoms with Gasteiger partial charge in [-0.05, 0) is 17.7 Å². The summed E-state index contributed by atoms with van der Waals surface area (Å²) < 4.78 is 10.6. The average molecular weight is 246 g/mol. The van der Waals surface area contributed by atoms with Crippen LogP contribution in [0.1, 0.15) is 11.3 Å². The van der Waals surface area contributed by atoms with E-state index in [4.69, 9.17) is 14.6 Å². The predicted molar refractivity (Wildman–Crippen MR) is 65.2 cm³/mol. The van der Waals surface area contributed by atoms with Gasteiger partial charge < -0.3 is 14.6 Å². The molecule has 0 saturated heterocycles. The van der Waals surface area contributed by atoms with Gasteiger partial charge in [-0.15, -0.1) is 0 Å². The lowest BCUT2D eigenvalue weighted by Crippen LogP contribution is -1.94. The molecule has 0 fully saturated rings. The highest BCUT2D eigenvalue weighted by Gasteiger charge is 2.01. The van der Waals surface area contributed by atoms with Crippen LogP contribution in [0.3, 0.4) is 0 Å². The number of benzene rings is 1. The lowest BCUT2D eigenvalue weighted by molar-refractivity contribution is 0.184. The number of hydrogen-bond donors (Lipinski definition) is 1. The van der Waals surface area contributed by atoms with Gasteiger partial charge in [0.15, 0.2) is 0 Å². The van der Waals surface area contributed by atoms with E-state index < -0.39 is 0 Å². The van der Waals surface area contributed by atoms with Crippen LogP contribution in [0.25, 0.3) is 0 Å². The summed E-state index contributed by atoms with van der Waals surface area (Å²) >= 11 is 0. The maximum absolute atomic E-state index is 8.86. The summed E-state index contributed by atoms with van der Waals surface area (Å²) in [6.45, 7) is 0.406.